The van der Waals surface area contributed by atoms with Crippen LogP contribution < -0.4 is 5.73 Å². The molecule has 1 saturated carbocycles. The van der Waals surface area contributed by atoms with Crippen molar-refractivity contribution in [1.82, 2.24) is 0 Å². The van der Waals surface area contributed by atoms with Crippen LogP contribution in [0.15, 0.2) is 22.8 Å². The monoisotopic (exact) mass is 223 g/mol. The van der Waals surface area contributed by atoms with Crippen molar-refractivity contribution < 1.29 is 13.2 Å². The van der Waals surface area contributed by atoms with Gasteiger partial charge in [0.2, 0.25) is 0 Å². The first-order valence-corrected chi connectivity index (χ1v) is 5.26. The van der Waals surface area contributed by atoms with E-state index >= 15 is 0 Å². The number of furan rings is 1. The van der Waals surface area contributed by atoms with Crippen LogP contribution in [0.25, 0.3) is 11.0 Å². The molecular formula is C12H11F2NO. The van der Waals surface area contributed by atoms with Crippen LogP contribution in [0.1, 0.15) is 24.8 Å². The van der Waals surface area contributed by atoms with Gasteiger partial charge in [0, 0.05) is 22.6 Å². The third kappa shape index (κ3) is 1.13. The first kappa shape index (κ1) is 9.78. The summed E-state index contributed by atoms with van der Waals surface area (Å²) in [4.78, 5) is 0. The van der Waals surface area contributed by atoms with E-state index in [1.165, 1.54) is 6.26 Å². The molecule has 4 heteroatoms. The lowest BCUT2D eigenvalue weighted by atomic mass is 9.71. The van der Waals surface area contributed by atoms with Crippen molar-refractivity contribution in [3.63, 3.8) is 0 Å². The van der Waals surface area contributed by atoms with Gasteiger partial charge in [0.05, 0.1) is 6.26 Å². The molecule has 16 heavy (non-hydrogen) atoms. The van der Waals surface area contributed by atoms with E-state index in [0.717, 1.165) is 25.3 Å². The molecule has 3 rings (SSSR count). The van der Waals surface area contributed by atoms with Crippen LogP contribution in [0.4, 0.5) is 8.78 Å². The van der Waals surface area contributed by atoms with E-state index in [0.29, 0.717) is 10.9 Å². The highest BCUT2D eigenvalue weighted by Gasteiger charge is 2.38. The molecule has 0 bridgehead atoms. The molecule has 1 aromatic carbocycles. The van der Waals surface area contributed by atoms with Gasteiger partial charge in [-0.15, -0.1) is 0 Å². The zero-order chi connectivity index (χ0) is 11.3. The summed E-state index contributed by atoms with van der Waals surface area (Å²) >= 11 is 0. The van der Waals surface area contributed by atoms with Gasteiger partial charge in [-0.1, -0.05) is 0 Å². The Labute approximate surface area is 91.0 Å². The Morgan fingerprint density at radius 2 is 2.00 bits per heavy atom. The second-order valence-electron chi connectivity index (χ2n) is 4.39. The first-order valence-electron chi connectivity index (χ1n) is 5.26. The predicted molar refractivity (Wildman–Crippen MR) is 55.8 cm³/mol. The highest BCUT2D eigenvalue weighted by molar-refractivity contribution is 5.83. The maximum Gasteiger partial charge on any atom is 0.170 e. The molecule has 0 saturated heterocycles. The maximum atomic E-state index is 13.8. The van der Waals surface area contributed by atoms with Gasteiger partial charge in [-0.05, 0) is 25.3 Å². The fraction of sp³-hybridized carbons (Fsp3) is 0.333. The fourth-order valence-corrected chi connectivity index (χ4v) is 2.38. The highest BCUT2D eigenvalue weighted by atomic mass is 19.1. The Morgan fingerprint density at radius 3 is 2.62 bits per heavy atom. The number of halogens is 2. The van der Waals surface area contributed by atoms with Crippen molar-refractivity contribution in [3.8, 4) is 0 Å². The molecule has 2 nitrogen and oxygen atoms in total. The SMILES string of the molecule is NC1(c2c(F)cc(F)c3occc23)CCC1. The standard InChI is InChI=1S/C12H11F2NO/c13-8-6-9(14)11-7(2-5-16-11)10(8)12(15)3-1-4-12/h2,5-6H,1,3-4,15H2. The minimum Gasteiger partial charge on any atom is -0.461 e. The van der Waals surface area contributed by atoms with Crippen LogP contribution in [0, 0.1) is 11.6 Å². The van der Waals surface area contributed by atoms with E-state index in [4.69, 9.17) is 10.2 Å². The van der Waals surface area contributed by atoms with E-state index in [2.05, 4.69) is 0 Å². The second kappa shape index (κ2) is 3.04. The summed E-state index contributed by atoms with van der Waals surface area (Å²) < 4.78 is 32.2. The molecule has 0 radical (unpaired) electrons. The van der Waals surface area contributed by atoms with Gasteiger partial charge in [-0.25, -0.2) is 8.78 Å². The zero-order valence-corrected chi connectivity index (χ0v) is 8.59. The smallest absolute Gasteiger partial charge is 0.170 e. The Balaban J connectivity index is 2.34. The minimum absolute atomic E-state index is 0.0909. The first-order chi connectivity index (χ1) is 7.62. The van der Waals surface area contributed by atoms with Crippen molar-refractivity contribution in [1.29, 1.82) is 0 Å². The van der Waals surface area contributed by atoms with Crippen LogP contribution >= 0.6 is 0 Å². The molecule has 2 N–H and O–H groups in total. The number of fused-ring (bicyclic) bond motifs is 1. The lowest BCUT2D eigenvalue weighted by Crippen LogP contribution is -2.44. The van der Waals surface area contributed by atoms with E-state index in [1.807, 2.05) is 0 Å². The number of hydrogen-bond donors (Lipinski definition) is 1. The normalized spacial score (nSPS) is 18.7. The van der Waals surface area contributed by atoms with Crippen LogP contribution in [0.3, 0.4) is 0 Å². The molecule has 1 aliphatic rings. The number of nitrogens with two attached hydrogens (primary N) is 1. The lowest BCUT2D eigenvalue weighted by molar-refractivity contribution is 0.247. The number of benzene rings is 1. The summed E-state index contributed by atoms with van der Waals surface area (Å²) in [5, 5.41) is 0.458. The van der Waals surface area contributed by atoms with Crippen molar-refractivity contribution in [2.24, 2.45) is 5.73 Å². The summed E-state index contributed by atoms with van der Waals surface area (Å²) in [6, 6.07) is 2.43. The van der Waals surface area contributed by atoms with Gasteiger partial charge >= 0.3 is 0 Å². The van der Waals surface area contributed by atoms with E-state index in [1.54, 1.807) is 6.07 Å². The van der Waals surface area contributed by atoms with Crippen molar-refractivity contribution in [3.05, 3.63) is 35.6 Å². The Kier molecular flexibility index (Phi) is 1.86. The van der Waals surface area contributed by atoms with Gasteiger partial charge in [0.25, 0.3) is 0 Å². The predicted octanol–water partition coefficient (Wildman–Crippen LogP) is 3.05. The maximum absolute atomic E-state index is 13.8. The quantitative estimate of drug-likeness (QED) is 0.807. The molecule has 0 aliphatic heterocycles. The largest absolute Gasteiger partial charge is 0.461 e. The zero-order valence-electron chi connectivity index (χ0n) is 8.59. The molecule has 0 amide bonds. The molecule has 1 fully saturated rings. The molecule has 1 aliphatic carbocycles. The van der Waals surface area contributed by atoms with Crippen LogP contribution in [-0.4, -0.2) is 0 Å². The molecular weight excluding hydrogens is 212 g/mol. The second-order valence-corrected chi connectivity index (χ2v) is 4.39. The average molecular weight is 223 g/mol. The van der Waals surface area contributed by atoms with Gasteiger partial charge in [-0.3, -0.25) is 0 Å². The summed E-state index contributed by atoms with van der Waals surface area (Å²) in [5.41, 5.74) is 5.93. The van der Waals surface area contributed by atoms with Crippen LogP contribution in [-0.2, 0) is 5.54 Å². The summed E-state index contributed by atoms with van der Waals surface area (Å²) in [7, 11) is 0. The topological polar surface area (TPSA) is 39.2 Å². The Morgan fingerprint density at radius 1 is 1.25 bits per heavy atom. The number of hydrogen-bond acceptors (Lipinski definition) is 2. The van der Waals surface area contributed by atoms with Crippen LogP contribution in [0.2, 0.25) is 0 Å². The van der Waals surface area contributed by atoms with Crippen molar-refractivity contribution in [2.45, 2.75) is 24.8 Å². The summed E-state index contributed by atoms with van der Waals surface area (Å²) in [6.07, 6.45) is 3.80. The summed E-state index contributed by atoms with van der Waals surface area (Å²) in [6.45, 7) is 0. The van der Waals surface area contributed by atoms with Gasteiger partial charge in [0.1, 0.15) is 5.82 Å². The number of rotatable bonds is 1. The average Bonchev–Trinajstić information content (AvgIpc) is 2.63. The van der Waals surface area contributed by atoms with Crippen molar-refractivity contribution >= 4 is 11.0 Å². The van der Waals surface area contributed by atoms with Crippen molar-refractivity contribution in [2.75, 3.05) is 0 Å². The third-order valence-electron chi connectivity index (χ3n) is 3.39. The van der Waals surface area contributed by atoms with E-state index in [9.17, 15) is 8.78 Å². The lowest BCUT2D eigenvalue weighted by Gasteiger charge is -2.39. The third-order valence-corrected chi connectivity index (χ3v) is 3.39. The van der Waals surface area contributed by atoms with Gasteiger partial charge in [0.15, 0.2) is 11.4 Å². The molecule has 0 atom stereocenters. The highest BCUT2D eigenvalue weighted by Crippen LogP contribution is 2.43. The van der Waals surface area contributed by atoms with Crippen LogP contribution in [0.5, 0.6) is 0 Å². The molecule has 1 aromatic heterocycles. The van der Waals surface area contributed by atoms with E-state index in [-0.39, 0.29) is 5.58 Å². The molecule has 1 heterocycles. The molecule has 2 aromatic rings. The molecule has 84 valence electrons. The minimum atomic E-state index is -0.677. The van der Waals surface area contributed by atoms with E-state index < -0.39 is 17.2 Å². The summed E-state index contributed by atoms with van der Waals surface area (Å²) in [5.74, 6) is -1.25. The van der Waals surface area contributed by atoms with Gasteiger partial charge < -0.3 is 10.2 Å². The molecule has 0 spiro atoms. The molecule has 0 unspecified atom stereocenters. The Hall–Kier alpha value is -1.42. The van der Waals surface area contributed by atoms with Gasteiger partial charge in [-0.2, -0.15) is 0 Å². The fourth-order valence-electron chi connectivity index (χ4n) is 2.38. The Bertz CT molecular complexity index is 557.